The Morgan fingerprint density at radius 3 is 2.23 bits per heavy atom. The van der Waals surface area contributed by atoms with Crippen LogP contribution in [0.5, 0.6) is 5.75 Å². The maximum absolute atomic E-state index is 13.6. The van der Waals surface area contributed by atoms with Gasteiger partial charge in [-0.3, -0.25) is 9.59 Å². The van der Waals surface area contributed by atoms with Gasteiger partial charge in [-0.15, -0.1) is 0 Å². The summed E-state index contributed by atoms with van der Waals surface area (Å²) in [6.07, 6.45) is 0. The van der Waals surface area contributed by atoms with Gasteiger partial charge < -0.3 is 26.8 Å². The first kappa shape index (κ1) is 17.2. The van der Waals surface area contributed by atoms with Crippen LogP contribution in [0.25, 0.3) is 0 Å². The zero-order chi connectivity index (χ0) is 16.9. The molecule has 120 valence electrons. The number of nitrogens with two attached hydrogens (primary N) is 2. The lowest BCUT2D eigenvalue weighted by molar-refractivity contribution is -0.128. The molecule has 22 heavy (non-hydrogen) atoms. The normalized spacial score (nSPS) is 11.6. The van der Waals surface area contributed by atoms with Gasteiger partial charge in [-0.05, 0) is 24.6 Å². The largest absolute Gasteiger partial charge is 0.494 e. The van der Waals surface area contributed by atoms with Crippen LogP contribution < -0.4 is 26.8 Å². The molecule has 9 heteroatoms. The van der Waals surface area contributed by atoms with Crippen LogP contribution in [0.1, 0.15) is 18.5 Å². The number of nitrogens with one attached hydrogen (secondary N) is 2. The molecule has 0 bridgehead atoms. The topological polar surface area (TPSA) is 137 Å². The Bertz CT molecular complexity index is 579. The summed E-state index contributed by atoms with van der Waals surface area (Å²) >= 11 is 0. The molecule has 0 radical (unpaired) electrons. The number of hydrogen-bond acceptors (Lipinski definition) is 4. The van der Waals surface area contributed by atoms with E-state index < -0.39 is 35.7 Å². The minimum absolute atomic E-state index is 0.0722. The quantitative estimate of drug-likeness (QED) is 0.528. The molecule has 0 aliphatic carbocycles. The number of primary amides is 2. The van der Waals surface area contributed by atoms with Gasteiger partial charge in [-0.1, -0.05) is 6.07 Å². The monoisotopic (exact) mass is 312 g/mol. The number of benzene rings is 1. The summed E-state index contributed by atoms with van der Waals surface area (Å²) in [5.41, 5.74) is 10.3. The van der Waals surface area contributed by atoms with Gasteiger partial charge in [0.1, 0.15) is 0 Å². The zero-order valence-electron chi connectivity index (χ0n) is 12.1. The molecule has 0 heterocycles. The standard InChI is InChI=1S/C13H17FN4O4/c1-6(7-3-4-9(22-2)8(14)5-7)17-13(21)18-10(11(15)19)12(16)20/h3-6,10H,1-2H3,(H2,15,19)(H2,16,20)(H2,17,18,21)/t6-/m1/s1. The van der Waals surface area contributed by atoms with Crippen molar-refractivity contribution in [2.75, 3.05) is 7.11 Å². The van der Waals surface area contributed by atoms with Gasteiger partial charge in [0.25, 0.3) is 0 Å². The van der Waals surface area contributed by atoms with Crippen molar-refractivity contribution >= 4 is 17.8 Å². The molecule has 0 saturated carbocycles. The summed E-state index contributed by atoms with van der Waals surface area (Å²) in [6, 6.07) is 1.11. The predicted octanol–water partition coefficient (Wildman–Crippen LogP) is -0.466. The highest BCUT2D eigenvalue weighted by atomic mass is 19.1. The lowest BCUT2D eigenvalue weighted by Gasteiger charge is -2.18. The second-order valence-corrected chi connectivity index (χ2v) is 4.47. The second-order valence-electron chi connectivity index (χ2n) is 4.47. The van der Waals surface area contributed by atoms with Gasteiger partial charge in [0, 0.05) is 0 Å². The average molecular weight is 312 g/mol. The molecule has 1 aromatic rings. The van der Waals surface area contributed by atoms with E-state index in [0.29, 0.717) is 5.56 Å². The smallest absolute Gasteiger partial charge is 0.316 e. The third kappa shape index (κ3) is 4.33. The molecule has 0 spiro atoms. The van der Waals surface area contributed by atoms with E-state index in [1.54, 1.807) is 13.0 Å². The molecule has 8 nitrogen and oxygen atoms in total. The molecule has 0 aliphatic heterocycles. The fourth-order valence-corrected chi connectivity index (χ4v) is 1.69. The molecule has 1 aromatic carbocycles. The van der Waals surface area contributed by atoms with Crippen LogP contribution in [0.3, 0.4) is 0 Å². The van der Waals surface area contributed by atoms with Crippen LogP contribution in [0, 0.1) is 5.82 Å². The van der Waals surface area contributed by atoms with Crippen molar-refractivity contribution in [1.29, 1.82) is 0 Å². The Morgan fingerprint density at radius 1 is 1.18 bits per heavy atom. The van der Waals surface area contributed by atoms with Crippen molar-refractivity contribution in [2.45, 2.75) is 19.0 Å². The summed E-state index contributed by atoms with van der Waals surface area (Å²) < 4.78 is 18.4. The molecule has 0 unspecified atom stereocenters. The Labute approximate surface area is 126 Å². The number of carbonyl (C=O) groups excluding carboxylic acids is 3. The minimum atomic E-state index is -1.63. The number of carbonyl (C=O) groups is 3. The van der Waals surface area contributed by atoms with Crippen LogP contribution in [0.4, 0.5) is 9.18 Å². The van der Waals surface area contributed by atoms with Gasteiger partial charge in [0.15, 0.2) is 17.6 Å². The maximum atomic E-state index is 13.6. The maximum Gasteiger partial charge on any atom is 0.316 e. The van der Waals surface area contributed by atoms with E-state index in [0.717, 1.165) is 0 Å². The Balaban J connectivity index is 2.73. The molecule has 0 aliphatic rings. The number of amides is 4. The molecular weight excluding hydrogens is 295 g/mol. The average Bonchev–Trinajstić information content (AvgIpc) is 2.43. The molecular formula is C13H17FN4O4. The van der Waals surface area contributed by atoms with Crippen LogP contribution in [0.2, 0.25) is 0 Å². The van der Waals surface area contributed by atoms with Crippen LogP contribution in [-0.4, -0.2) is 31.0 Å². The molecule has 0 aromatic heterocycles. The first-order valence-corrected chi connectivity index (χ1v) is 6.25. The van der Waals surface area contributed by atoms with Crippen molar-refractivity contribution in [2.24, 2.45) is 11.5 Å². The SMILES string of the molecule is COc1ccc([C@@H](C)NC(=O)NC(C(N)=O)C(N)=O)cc1F. The van der Waals surface area contributed by atoms with Crippen LogP contribution in [0.15, 0.2) is 18.2 Å². The number of urea groups is 1. The molecule has 4 amide bonds. The van der Waals surface area contributed by atoms with Crippen LogP contribution >= 0.6 is 0 Å². The first-order valence-electron chi connectivity index (χ1n) is 6.25. The Hall–Kier alpha value is -2.84. The van der Waals surface area contributed by atoms with Gasteiger partial charge in [-0.2, -0.15) is 0 Å². The molecule has 0 fully saturated rings. The summed E-state index contributed by atoms with van der Waals surface area (Å²) in [6.45, 7) is 1.59. The number of halogens is 1. The van der Waals surface area contributed by atoms with E-state index in [1.807, 2.05) is 5.32 Å². The lowest BCUT2D eigenvalue weighted by Crippen LogP contribution is -2.55. The summed E-state index contributed by atoms with van der Waals surface area (Å²) in [4.78, 5) is 33.6. The molecule has 0 saturated heterocycles. The third-order valence-corrected chi connectivity index (χ3v) is 2.87. The minimum Gasteiger partial charge on any atom is -0.494 e. The van der Waals surface area contributed by atoms with E-state index in [9.17, 15) is 18.8 Å². The number of hydrogen-bond donors (Lipinski definition) is 4. The molecule has 6 N–H and O–H groups in total. The lowest BCUT2D eigenvalue weighted by atomic mass is 10.1. The predicted molar refractivity (Wildman–Crippen MR) is 75.2 cm³/mol. The molecule has 1 rings (SSSR count). The Morgan fingerprint density at radius 2 is 1.77 bits per heavy atom. The van der Waals surface area contributed by atoms with Crippen molar-refractivity contribution < 1.29 is 23.5 Å². The van der Waals surface area contributed by atoms with Crippen molar-refractivity contribution in [3.8, 4) is 5.75 Å². The van der Waals surface area contributed by atoms with E-state index in [4.69, 9.17) is 16.2 Å². The molecule has 1 atom stereocenters. The van der Waals surface area contributed by atoms with Gasteiger partial charge in [-0.25, -0.2) is 9.18 Å². The zero-order valence-corrected chi connectivity index (χ0v) is 12.1. The summed E-state index contributed by atoms with van der Waals surface area (Å²) in [5.74, 6) is -2.67. The van der Waals surface area contributed by atoms with Crippen molar-refractivity contribution in [3.05, 3.63) is 29.6 Å². The highest BCUT2D eigenvalue weighted by Crippen LogP contribution is 2.21. The Kier molecular flexibility index (Phi) is 5.67. The van der Waals surface area contributed by atoms with E-state index in [-0.39, 0.29) is 5.75 Å². The van der Waals surface area contributed by atoms with Crippen molar-refractivity contribution in [1.82, 2.24) is 10.6 Å². The number of methoxy groups -OCH3 is 1. The first-order chi connectivity index (χ1) is 10.3. The van der Waals surface area contributed by atoms with E-state index in [2.05, 4.69) is 5.32 Å². The summed E-state index contributed by atoms with van der Waals surface area (Å²) in [7, 11) is 1.33. The third-order valence-electron chi connectivity index (χ3n) is 2.87. The highest BCUT2D eigenvalue weighted by molar-refractivity contribution is 6.05. The van der Waals surface area contributed by atoms with Gasteiger partial charge in [0.05, 0.1) is 13.2 Å². The fraction of sp³-hybridized carbons (Fsp3) is 0.308. The highest BCUT2D eigenvalue weighted by Gasteiger charge is 2.24. The van der Waals surface area contributed by atoms with Crippen molar-refractivity contribution in [3.63, 3.8) is 0 Å². The summed E-state index contributed by atoms with van der Waals surface area (Å²) in [5, 5.41) is 4.46. The number of ether oxygens (including phenoxy) is 1. The number of rotatable bonds is 6. The van der Waals surface area contributed by atoms with Crippen LogP contribution in [-0.2, 0) is 9.59 Å². The second kappa shape index (κ2) is 7.25. The fourth-order valence-electron chi connectivity index (χ4n) is 1.69. The van der Waals surface area contributed by atoms with Gasteiger partial charge >= 0.3 is 6.03 Å². The van der Waals surface area contributed by atoms with E-state index >= 15 is 0 Å². The van der Waals surface area contributed by atoms with E-state index in [1.165, 1.54) is 19.2 Å². The van der Waals surface area contributed by atoms with Gasteiger partial charge in [0.2, 0.25) is 11.8 Å².